The zero-order chi connectivity index (χ0) is 10.4. The maximum absolute atomic E-state index is 10.9. The van der Waals surface area contributed by atoms with Gasteiger partial charge in [-0.3, -0.25) is 4.79 Å². The Morgan fingerprint density at radius 3 is 2.57 bits per heavy atom. The van der Waals surface area contributed by atoms with Gasteiger partial charge in [0.25, 0.3) is 0 Å². The van der Waals surface area contributed by atoms with Crippen LogP contribution in [0.2, 0.25) is 0 Å². The molecule has 4 heteroatoms. The molecule has 0 aromatic rings. The van der Waals surface area contributed by atoms with E-state index < -0.39 is 12.0 Å². The third-order valence-corrected chi connectivity index (χ3v) is 2.64. The van der Waals surface area contributed by atoms with Crippen LogP contribution in [0.5, 0.6) is 0 Å². The van der Waals surface area contributed by atoms with Crippen molar-refractivity contribution in [3.8, 4) is 0 Å². The Morgan fingerprint density at radius 2 is 2.07 bits per heavy atom. The van der Waals surface area contributed by atoms with Crippen molar-refractivity contribution in [2.24, 2.45) is 0 Å². The highest BCUT2D eigenvalue weighted by molar-refractivity contribution is 5.73. The number of piperidine rings is 1. The van der Waals surface area contributed by atoms with Crippen molar-refractivity contribution in [1.29, 1.82) is 0 Å². The molecule has 0 saturated carbocycles. The highest BCUT2D eigenvalue weighted by Crippen LogP contribution is 2.08. The van der Waals surface area contributed by atoms with Crippen molar-refractivity contribution >= 4 is 5.97 Å². The van der Waals surface area contributed by atoms with Crippen LogP contribution < -0.4 is 5.32 Å². The molecule has 0 aromatic carbocycles. The van der Waals surface area contributed by atoms with Crippen molar-refractivity contribution in [2.45, 2.75) is 32.2 Å². The Hall–Kier alpha value is -0.610. The van der Waals surface area contributed by atoms with Gasteiger partial charge < -0.3 is 15.3 Å². The molecule has 1 aliphatic rings. The topological polar surface area (TPSA) is 52.6 Å². The van der Waals surface area contributed by atoms with Gasteiger partial charge in [-0.2, -0.15) is 0 Å². The van der Waals surface area contributed by atoms with Gasteiger partial charge in [-0.1, -0.05) is 13.3 Å². The third kappa shape index (κ3) is 3.64. The molecule has 0 bridgehead atoms. The van der Waals surface area contributed by atoms with Crippen molar-refractivity contribution in [1.82, 2.24) is 10.2 Å². The van der Waals surface area contributed by atoms with Gasteiger partial charge in [0.1, 0.15) is 6.04 Å². The summed E-state index contributed by atoms with van der Waals surface area (Å²) in [7, 11) is 0. The number of hydrogen-bond donors (Lipinski definition) is 2. The van der Waals surface area contributed by atoms with E-state index in [1.54, 1.807) is 0 Å². The van der Waals surface area contributed by atoms with Gasteiger partial charge in [0, 0.05) is 6.54 Å². The molecule has 0 aliphatic carbocycles. The van der Waals surface area contributed by atoms with Gasteiger partial charge >= 0.3 is 5.97 Å². The first-order valence-electron chi connectivity index (χ1n) is 5.42. The lowest BCUT2D eigenvalue weighted by Crippen LogP contribution is -2.47. The molecule has 1 rings (SSSR count). The number of hydrogen-bond acceptors (Lipinski definition) is 3. The molecule has 1 unspecified atom stereocenters. The fourth-order valence-corrected chi connectivity index (χ4v) is 1.88. The monoisotopic (exact) mass is 200 g/mol. The molecule has 1 heterocycles. The van der Waals surface area contributed by atoms with Crippen LogP contribution in [-0.4, -0.2) is 48.2 Å². The predicted molar refractivity (Wildman–Crippen MR) is 55.4 cm³/mol. The molecule has 4 nitrogen and oxygen atoms in total. The number of carbonyl (C=O) groups is 1. The van der Waals surface area contributed by atoms with Gasteiger partial charge in [0.05, 0.1) is 0 Å². The molecule has 0 radical (unpaired) electrons. The fourth-order valence-electron chi connectivity index (χ4n) is 1.88. The Balaban J connectivity index is 2.33. The number of nitrogens with zero attached hydrogens (tertiary/aromatic N) is 1. The zero-order valence-electron chi connectivity index (χ0n) is 8.83. The summed E-state index contributed by atoms with van der Waals surface area (Å²) in [6.07, 6.45) is 3.70. The summed E-state index contributed by atoms with van der Waals surface area (Å²) in [6, 6.07) is -0.405. The molecule has 14 heavy (non-hydrogen) atoms. The smallest absolute Gasteiger partial charge is 0.322 e. The minimum atomic E-state index is -0.738. The summed E-state index contributed by atoms with van der Waals surface area (Å²) in [5, 5.41) is 11.9. The standard InChI is InChI=1S/C10H20N2O2/c1-2-11-9(10(13)14)8-12-6-4-3-5-7-12/h9,11H,2-8H2,1H3,(H,13,14). The van der Waals surface area contributed by atoms with Crippen LogP contribution >= 0.6 is 0 Å². The first-order valence-corrected chi connectivity index (χ1v) is 5.42. The number of nitrogens with one attached hydrogen (secondary N) is 1. The van der Waals surface area contributed by atoms with E-state index in [9.17, 15) is 4.79 Å². The Morgan fingerprint density at radius 1 is 1.43 bits per heavy atom. The van der Waals surface area contributed by atoms with Gasteiger partial charge in [-0.25, -0.2) is 0 Å². The second kappa shape index (κ2) is 5.98. The Kier molecular flexibility index (Phi) is 4.90. The lowest BCUT2D eigenvalue weighted by Gasteiger charge is -2.29. The molecular weight excluding hydrogens is 180 g/mol. The second-order valence-corrected chi connectivity index (χ2v) is 3.81. The molecule has 1 aliphatic heterocycles. The summed E-state index contributed by atoms with van der Waals surface area (Å²) in [4.78, 5) is 13.1. The maximum Gasteiger partial charge on any atom is 0.322 e. The van der Waals surface area contributed by atoms with Crippen molar-refractivity contribution in [3.63, 3.8) is 0 Å². The minimum Gasteiger partial charge on any atom is -0.480 e. The van der Waals surface area contributed by atoms with E-state index in [0.717, 1.165) is 13.1 Å². The number of likely N-dealkylation sites (N-methyl/N-ethyl adjacent to an activating group) is 1. The lowest BCUT2D eigenvalue weighted by molar-refractivity contribution is -0.140. The largest absolute Gasteiger partial charge is 0.480 e. The van der Waals surface area contributed by atoms with Crippen molar-refractivity contribution in [3.05, 3.63) is 0 Å². The van der Waals surface area contributed by atoms with E-state index in [0.29, 0.717) is 13.1 Å². The van der Waals surface area contributed by atoms with Gasteiger partial charge in [-0.05, 0) is 32.5 Å². The highest BCUT2D eigenvalue weighted by Gasteiger charge is 2.20. The van der Waals surface area contributed by atoms with Gasteiger partial charge in [-0.15, -0.1) is 0 Å². The average molecular weight is 200 g/mol. The van der Waals surface area contributed by atoms with Crippen LogP contribution in [0.3, 0.4) is 0 Å². The van der Waals surface area contributed by atoms with E-state index in [1.807, 2.05) is 6.92 Å². The SMILES string of the molecule is CCNC(CN1CCCCC1)C(=O)O. The zero-order valence-corrected chi connectivity index (χ0v) is 8.83. The molecule has 2 N–H and O–H groups in total. The molecule has 1 atom stereocenters. The Bertz CT molecular complexity index is 179. The summed E-state index contributed by atoms with van der Waals surface area (Å²) < 4.78 is 0. The molecular formula is C10H20N2O2. The van der Waals surface area contributed by atoms with E-state index in [4.69, 9.17) is 5.11 Å². The quantitative estimate of drug-likeness (QED) is 0.680. The van der Waals surface area contributed by atoms with Crippen LogP contribution in [0.1, 0.15) is 26.2 Å². The predicted octanol–water partition coefficient (Wildman–Crippen LogP) is 0.535. The maximum atomic E-state index is 10.9. The summed E-state index contributed by atoms with van der Waals surface area (Å²) in [5.74, 6) is -0.738. The van der Waals surface area contributed by atoms with Gasteiger partial charge in [0.15, 0.2) is 0 Å². The minimum absolute atomic E-state index is 0.405. The molecule has 0 spiro atoms. The van der Waals surface area contributed by atoms with Crippen LogP contribution in [0.4, 0.5) is 0 Å². The van der Waals surface area contributed by atoms with Crippen molar-refractivity contribution in [2.75, 3.05) is 26.2 Å². The first-order chi connectivity index (χ1) is 6.74. The lowest BCUT2D eigenvalue weighted by atomic mass is 10.1. The van der Waals surface area contributed by atoms with E-state index in [1.165, 1.54) is 19.3 Å². The second-order valence-electron chi connectivity index (χ2n) is 3.81. The van der Waals surface area contributed by atoms with E-state index in [-0.39, 0.29) is 0 Å². The van der Waals surface area contributed by atoms with E-state index in [2.05, 4.69) is 10.2 Å². The highest BCUT2D eigenvalue weighted by atomic mass is 16.4. The number of aliphatic carboxylic acids is 1. The average Bonchev–Trinajstić information content (AvgIpc) is 2.18. The summed E-state index contributed by atoms with van der Waals surface area (Å²) >= 11 is 0. The van der Waals surface area contributed by atoms with Crippen molar-refractivity contribution < 1.29 is 9.90 Å². The number of carboxylic acid groups (broad SMARTS) is 1. The Labute approximate surface area is 85.3 Å². The molecule has 1 saturated heterocycles. The number of likely N-dealkylation sites (tertiary alicyclic amines) is 1. The van der Waals surface area contributed by atoms with Crippen LogP contribution in [0.25, 0.3) is 0 Å². The normalized spacial score (nSPS) is 20.6. The molecule has 82 valence electrons. The van der Waals surface area contributed by atoms with Crippen LogP contribution in [0.15, 0.2) is 0 Å². The molecule has 0 amide bonds. The molecule has 0 aromatic heterocycles. The number of carboxylic acids is 1. The summed E-state index contributed by atoms with van der Waals surface area (Å²) in [5.41, 5.74) is 0. The molecule has 1 fully saturated rings. The van der Waals surface area contributed by atoms with Crippen LogP contribution in [-0.2, 0) is 4.79 Å². The number of rotatable bonds is 5. The van der Waals surface area contributed by atoms with Gasteiger partial charge in [0.2, 0.25) is 0 Å². The van der Waals surface area contributed by atoms with E-state index >= 15 is 0 Å². The van der Waals surface area contributed by atoms with Crippen LogP contribution in [0, 0.1) is 0 Å². The first kappa shape index (κ1) is 11.5. The fraction of sp³-hybridized carbons (Fsp3) is 0.900. The third-order valence-electron chi connectivity index (χ3n) is 2.64. The summed E-state index contributed by atoms with van der Waals surface area (Å²) in [6.45, 7) is 5.39.